The van der Waals surface area contributed by atoms with E-state index in [4.69, 9.17) is 14.2 Å². The van der Waals surface area contributed by atoms with Crippen LogP contribution in [0.1, 0.15) is 20.3 Å². The summed E-state index contributed by atoms with van der Waals surface area (Å²) in [4.78, 5) is 0. The second-order valence-electron chi connectivity index (χ2n) is 4.44. The summed E-state index contributed by atoms with van der Waals surface area (Å²) in [5.41, 5.74) is -0.135. The first-order chi connectivity index (χ1) is 6.12. The first kappa shape index (κ1) is 7.97. The summed E-state index contributed by atoms with van der Waals surface area (Å²) in [6.07, 6.45) is 5.44. The Balaban J connectivity index is 1.91. The lowest BCUT2D eigenvalue weighted by molar-refractivity contribution is -0.302. The number of hydrogen-bond acceptors (Lipinski definition) is 3. The van der Waals surface area contributed by atoms with Crippen LogP contribution in [0.3, 0.4) is 0 Å². The summed E-state index contributed by atoms with van der Waals surface area (Å²) in [5, 5.41) is 0. The Hall–Kier alpha value is -0.380. The normalized spacial score (nSPS) is 50.9. The van der Waals surface area contributed by atoms with Gasteiger partial charge in [-0.2, -0.15) is 0 Å². The lowest BCUT2D eigenvalue weighted by Crippen LogP contribution is -2.50. The molecule has 2 fully saturated rings. The van der Waals surface area contributed by atoms with Gasteiger partial charge in [0.15, 0.2) is 5.79 Å². The quantitative estimate of drug-likeness (QED) is 0.527. The summed E-state index contributed by atoms with van der Waals surface area (Å²) >= 11 is 0. The molecule has 1 aliphatic carbocycles. The van der Waals surface area contributed by atoms with Crippen LogP contribution in [-0.4, -0.2) is 30.2 Å². The number of rotatable bonds is 0. The fraction of sp³-hybridized carbons (Fsp3) is 0.800. The first-order valence-electron chi connectivity index (χ1n) is 4.79. The van der Waals surface area contributed by atoms with Gasteiger partial charge in [0.05, 0.1) is 12.7 Å². The molecule has 3 atom stereocenters. The molecule has 0 N–H and O–H groups in total. The van der Waals surface area contributed by atoms with Gasteiger partial charge in [0, 0.05) is 6.42 Å². The molecule has 0 amide bonds. The Morgan fingerprint density at radius 3 is 3.00 bits per heavy atom. The van der Waals surface area contributed by atoms with Crippen molar-refractivity contribution in [2.45, 2.75) is 43.9 Å². The van der Waals surface area contributed by atoms with E-state index in [-0.39, 0.29) is 17.8 Å². The zero-order valence-corrected chi connectivity index (χ0v) is 7.95. The number of ether oxygens (including phenoxy) is 3. The van der Waals surface area contributed by atoms with Gasteiger partial charge in [-0.25, -0.2) is 0 Å². The molecule has 13 heavy (non-hydrogen) atoms. The van der Waals surface area contributed by atoms with Crippen molar-refractivity contribution in [1.82, 2.24) is 0 Å². The van der Waals surface area contributed by atoms with Gasteiger partial charge in [0.2, 0.25) is 0 Å². The minimum Gasteiger partial charge on any atom is -0.365 e. The lowest BCUT2D eigenvalue weighted by Gasteiger charge is -2.40. The van der Waals surface area contributed by atoms with Crippen LogP contribution < -0.4 is 0 Å². The molecule has 3 rings (SSSR count). The molecule has 2 heterocycles. The average Bonchev–Trinajstić information content (AvgIpc) is 2.70. The molecular weight excluding hydrogens is 168 g/mol. The molecule has 2 aliphatic heterocycles. The maximum Gasteiger partial charge on any atom is 0.164 e. The molecule has 1 saturated heterocycles. The predicted molar refractivity (Wildman–Crippen MR) is 46.3 cm³/mol. The molecule has 0 aromatic heterocycles. The maximum atomic E-state index is 5.79. The van der Waals surface area contributed by atoms with E-state index >= 15 is 0 Å². The van der Waals surface area contributed by atoms with Crippen molar-refractivity contribution in [1.29, 1.82) is 0 Å². The van der Waals surface area contributed by atoms with Crippen LogP contribution in [0.4, 0.5) is 0 Å². The van der Waals surface area contributed by atoms with Gasteiger partial charge in [0.25, 0.3) is 0 Å². The van der Waals surface area contributed by atoms with Crippen molar-refractivity contribution in [3.05, 3.63) is 12.2 Å². The van der Waals surface area contributed by atoms with Crippen LogP contribution in [0.5, 0.6) is 0 Å². The highest BCUT2D eigenvalue weighted by molar-refractivity contribution is 5.22. The van der Waals surface area contributed by atoms with Gasteiger partial charge in [-0.15, -0.1) is 0 Å². The van der Waals surface area contributed by atoms with E-state index < -0.39 is 5.79 Å². The molecule has 1 saturated carbocycles. The first-order valence-corrected chi connectivity index (χ1v) is 4.79. The van der Waals surface area contributed by atoms with Gasteiger partial charge in [-0.1, -0.05) is 12.2 Å². The van der Waals surface area contributed by atoms with Crippen molar-refractivity contribution in [3.63, 3.8) is 0 Å². The molecule has 1 spiro atoms. The molecule has 0 aromatic carbocycles. The number of hydrogen-bond donors (Lipinski definition) is 0. The molecule has 3 heteroatoms. The van der Waals surface area contributed by atoms with E-state index in [0.29, 0.717) is 6.61 Å². The molecule has 0 unspecified atom stereocenters. The summed E-state index contributed by atoms with van der Waals surface area (Å²) in [5.74, 6) is -0.458. The Labute approximate surface area is 77.7 Å². The van der Waals surface area contributed by atoms with E-state index in [2.05, 4.69) is 6.08 Å². The topological polar surface area (TPSA) is 27.7 Å². The van der Waals surface area contributed by atoms with E-state index in [0.717, 1.165) is 6.42 Å². The highest BCUT2D eigenvalue weighted by Crippen LogP contribution is 2.54. The third-order valence-electron chi connectivity index (χ3n) is 2.97. The van der Waals surface area contributed by atoms with Crippen LogP contribution in [-0.2, 0) is 14.2 Å². The summed E-state index contributed by atoms with van der Waals surface area (Å²) < 4.78 is 17.2. The van der Waals surface area contributed by atoms with Crippen molar-refractivity contribution >= 4 is 0 Å². The van der Waals surface area contributed by atoms with Crippen molar-refractivity contribution in [2.75, 3.05) is 6.61 Å². The summed E-state index contributed by atoms with van der Waals surface area (Å²) in [6, 6.07) is 0. The van der Waals surface area contributed by atoms with Crippen LogP contribution in [0, 0.1) is 0 Å². The van der Waals surface area contributed by atoms with Crippen LogP contribution in [0.15, 0.2) is 12.2 Å². The van der Waals surface area contributed by atoms with Gasteiger partial charge in [0.1, 0.15) is 11.7 Å². The third-order valence-corrected chi connectivity index (χ3v) is 2.97. The molecule has 72 valence electrons. The van der Waals surface area contributed by atoms with Gasteiger partial charge in [-0.05, 0) is 13.8 Å². The second kappa shape index (κ2) is 2.16. The summed E-state index contributed by atoms with van der Waals surface area (Å²) in [6.45, 7) is 4.61. The minimum atomic E-state index is -0.458. The zero-order chi connectivity index (χ0) is 9.10. The molecule has 3 nitrogen and oxygen atoms in total. The highest BCUT2D eigenvalue weighted by Gasteiger charge is 2.67. The molecule has 0 aromatic rings. The van der Waals surface area contributed by atoms with Crippen LogP contribution in [0.25, 0.3) is 0 Å². The zero-order valence-electron chi connectivity index (χ0n) is 7.95. The van der Waals surface area contributed by atoms with Crippen LogP contribution >= 0.6 is 0 Å². The van der Waals surface area contributed by atoms with Crippen molar-refractivity contribution in [2.24, 2.45) is 0 Å². The van der Waals surface area contributed by atoms with E-state index in [1.165, 1.54) is 0 Å². The smallest absolute Gasteiger partial charge is 0.164 e. The lowest BCUT2D eigenvalue weighted by atomic mass is 10.1. The van der Waals surface area contributed by atoms with E-state index in [1.54, 1.807) is 0 Å². The van der Waals surface area contributed by atoms with Crippen molar-refractivity contribution < 1.29 is 14.2 Å². The van der Waals surface area contributed by atoms with E-state index in [1.807, 2.05) is 19.9 Å². The second-order valence-corrected chi connectivity index (χ2v) is 4.44. The standard InChI is InChI=1S/C10H14O3/c1-9(2)12-7-4-3-5-11-10(7)6-8(10)13-9/h3-4,7-8H,5-6H2,1-2H3/t7-,8-,10+/m1/s1. The SMILES string of the molecule is CC1(C)O[C@@H]2C=CCO[C@@]23C[C@H]3O1. The Bertz CT molecular complexity index is 271. The Morgan fingerprint density at radius 2 is 2.15 bits per heavy atom. The summed E-state index contributed by atoms with van der Waals surface area (Å²) in [7, 11) is 0. The molecule has 0 radical (unpaired) electrons. The van der Waals surface area contributed by atoms with Gasteiger partial charge >= 0.3 is 0 Å². The highest BCUT2D eigenvalue weighted by atomic mass is 16.7. The molecular formula is C10H14O3. The minimum absolute atomic E-state index is 0.0926. The maximum absolute atomic E-state index is 5.79. The third kappa shape index (κ3) is 1.01. The van der Waals surface area contributed by atoms with Gasteiger partial charge < -0.3 is 14.2 Å². The van der Waals surface area contributed by atoms with Crippen molar-refractivity contribution in [3.8, 4) is 0 Å². The Morgan fingerprint density at radius 1 is 1.31 bits per heavy atom. The fourth-order valence-corrected chi connectivity index (χ4v) is 2.27. The Kier molecular flexibility index (Phi) is 1.33. The molecule has 3 aliphatic rings. The molecule has 0 bridgehead atoms. The van der Waals surface area contributed by atoms with Gasteiger partial charge in [-0.3, -0.25) is 0 Å². The average molecular weight is 182 g/mol. The predicted octanol–water partition coefficient (Wildman–Crippen LogP) is 1.24. The largest absolute Gasteiger partial charge is 0.365 e. The monoisotopic (exact) mass is 182 g/mol. The fourth-order valence-electron chi connectivity index (χ4n) is 2.27. The van der Waals surface area contributed by atoms with Crippen LogP contribution in [0.2, 0.25) is 0 Å². The van der Waals surface area contributed by atoms with E-state index in [9.17, 15) is 0 Å².